The summed E-state index contributed by atoms with van der Waals surface area (Å²) in [6.45, 7) is 3.63. The first-order valence-corrected chi connectivity index (χ1v) is 5.95. The summed E-state index contributed by atoms with van der Waals surface area (Å²) in [5, 5.41) is 20.6. The molecule has 1 aromatic heterocycles. The van der Waals surface area contributed by atoms with Crippen molar-refractivity contribution in [1.29, 1.82) is 0 Å². The summed E-state index contributed by atoms with van der Waals surface area (Å²) in [6.07, 6.45) is 1.87. The Morgan fingerprint density at radius 3 is 2.72 bits per heavy atom. The van der Waals surface area contributed by atoms with Crippen LogP contribution in [0.3, 0.4) is 0 Å². The molecule has 0 aliphatic carbocycles. The third-order valence-corrected chi connectivity index (χ3v) is 2.73. The van der Waals surface area contributed by atoms with E-state index in [0.29, 0.717) is 12.8 Å². The minimum Gasteiger partial charge on any atom is -0.465 e. The Balaban J connectivity index is 2.59. The molecule has 1 heterocycles. The zero-order chi connectivity index (χ0) is 13.6. The summed E-state index contributed by atoms with van der Waals surface area (Å²) < 4.78 is 0. The van der Waals surface area contributed by atoms with Crippen molar-refractivity contribution >= 4 is 6.09 Å². The van der Waals surface area contributed by atoms with Crippen LogP contribution in [0.4, 0.5) is 4.79 Å². The quantitative estimate of drug-likeness (QED) is 0.719. The monoisotopic (exact) mass is 252 g/mol. The van der Waals surface area contributed by atoms with Crippen LogP contribution in [0.15, 0.2) is 24.4 Å². The molecule has 5 heteroatoms. The van der Waals surface area contributed by atoms with E-state index in [2.05, 4.69) is 10.3 Å². The maximum absolute atomic E-state index is 10.7. The van der Waals surface area contributed by atoms with Crippen LogP contribution < -0.4 is 5.32 Å². The summed E-state index contributed by atoms with van der Waals surface area (Å²) in [5.41, 5.74) is 0.344. The molecule has 1 amide bonds. The second kappa shape index (κ2) is 6.35. The van der Waals surface area contributed by atoms with E-state index in [1.165, 1.54) is 0 Å². The normalized spacial score (nSPS) is 13.1. The van der Waals surface area contributed by atoms with Crippen molar-refractivity contribution in [1.82, 2.24) is 10.3 Å². The largest absolute Gasteiger partial charge is 0.465 e. The second-order valence-electron chi connectivity index (χ2n) is 5.09. The zero-order valence-electron chi connectivity index (χ0n) is 10.8. The van der Waals surface area contributed by atoms with Crippen LogP contribution in [0, 0.1) is 5.92 Å². The Hall–Kier alpha value is -1.62. The topological polar surface area (TPSA) is 82.5 Å². The van der Waals surface area contributed by atoms with Gasteiger partial charge in [-0.3, -0.25) is 4.98 Å². The van der Waals surface area contributed by atoms with Crippen LogP contribution in [-0.2, 0) is 6.42 Å². The standard InChI is InChI=1S/C13H20N2O3/c1-13(2,15-12(17)18)8-10(9-16)7-11-5-3-4-6-14-11/h3-6,10,15-16H,7-9H2,1-2H3,(H,17,18). The summed E-state index contributed by atoms with van der Waals surface area (Å²) in [5.74, 6) is -0.0123. The van der Waals surface area contributed by atoms with Gasteiger partial charge in [-0.05, 0) is 44.7 Å². The van der Waals surface area contributed by atoms with E-state index in [4.69, 9.17) is 5.11 Å². The Morgan fingerprint density at radius 1 is 1.50 bits per heavy atom. The van der Waals surface area contributed by atoms with Crippen molar-refractivity contribution in [2.75, 3.05) is 6.61 Å². The molecule has 1 atom stereocenters. The fraction of sp³-hybridized carbons (Fsp3) is 0.538. The van der Waals surface area contributed by atoms with Crippen molar-refractivity contribution in [2.24, 2.45) is 5.92 Å². The molecule has 0 aliphatic heterocycles. The highest BCUT2D eigenvalue weighted by Gasteiger charge is 2.25. The summed E-state index contributed by atoms with van der Waals surface area (Å²) in [6, 6.07) is 5.64. The number of amides is 1. The molecular formula is C13H20N2O3. The lowest BCUT2D eigenvalue weighted by molar-refractivity contribution is 0.160. The van der Waals surface area contributed by atoms with Crippen molar-refractivity contribution in [3.63, 3.8) is 0 Å². The van der Waals surface area contributed by atoms with Gasteiger partial charge in [0.15, 0.2) is 0 Å². The lowest BCUT2D eigenvalue weighted by atomic mass is 9.88. The predicted octanol–water partition coefficient (Wildman–Crippen LogP) is 1.67. The number of aliphatic hydroxyl groups excluding tert-OH is 1. The first kappa shape index (κ1) is 14.4. The van der Waals surface area contributed by atoms with E-state index in [0.717, 1.165) is 5.69 Å². The fourth-order valence-electron chi connectivity index (χ4n) is 2.08. The number of hydrogen-bond donors (Lipinski definition) is 3. The van der Waals surface area contributed by atoms with Crippen LogP contribution in [0.5, 0.6) is 0 Å². The minimum atomic E-state index is -1.05. The highest BCUT2D eigenvalue weighted by molar-refractivity contribution is 5.65. The van der Waals surface area contributed by atoms with E-state index >= 15 is 0 Å². The molecule has 18 heavy (non-hydrogen) atoms. The molecule has 0 saturated carbocycles. The fourth-order valence-corrected chi connectivity index (χ4v) is 2.08. The average molecular weight is 252 g/mol. The second-order valence-corrected chi connectivity index (χ2v) is 5.09. The van der Waals surface area contributed by atoms with Gasteiger partial charge in [-0.1, -0.05) is 6.07 Å². The van der Waals surface area contributed by atoms with Crippen LogP contribution in [0.25, 0.3) is 0 Å². The van der Waals surface area contributed by atoms with Crippen molar-refractivity contribution < 1.29 is 15.0 Å². The number of carboxylic acid groups (broad SMARTS) is 1. The predicted molar refractivity (Wildman–Crippen MR) is 68.4 cm³/mol. The van der Waals surface area contributed by atoms with Crippen LogP contribution in [-0.4, -0.2) is 33.4 Å². The number of aliphatic hydroxyl groups is 1. The number of rotatable bonds is 6. The molecule has 1 aromatic rings. The number of nitrogens with zero attached hydrogens (tertiary/aromatic N) is 1. The first-order chi connectivity index (χ1) is 8.43. The molecule has 0 bridgehead atoms. The van der Waals surface area contributed by atoms with Crippen molar-refractivity contribution in [2.45, 2.75) is 32.2 Å². The molecule has 0 fully saturated rings. The molecule has 3 N–H and O–H groups in total. The molecule has 100 valence electrons. The van der Waals surface area contributed by atoms with Gasteiger partial charge in [0, 0.05) is 24.0 Å². The van der Waals surface area contributed by atoms with E-state index < -0.39 is 11.6 Å². The molecule has 0 radical (unpaired) electrons. The highest BCUT2D eigenvalue weighted by atomic mass is 16.4. The Morgan fingerprint density at radius 2 is 2.22 bits per heavy atom. The van der Waals surface area contributed by atoms with Gasteiger partial charge in [-0.25, -0.2) is 4.79 Å². The third-order valence-electron chi connectivity index (χ3n) is 2.73. The maximum atomic E-state index is 10.7. The lowest BCUT2D eigenvalue weighted by Crippen LogP contribution is -2.44. The van der Waals surface area contributed by atoms with Crippen molar-refractivity contribution in [3.05, 3.63) is 30.1 Å². The highest BCUT2D eigenvalue weighted by Crippen LogP contribution is 2.19. The van der Waals surface area contributed by atoms with Gasteiger partial charge in [0.25, 0.3) is 0 Å². The Bertz CT molecular complexity index is 379. The summed E-state index contributed by atoms with van der Waals surface area (Å²) >= 11 is 0. The average Bonchev–Trinajstić information content (AvgIpc) is 2.27. The number of carbonyl (C=O) groups is 1. The van der Waals surface area contributed by atoms with Gasteiger partial charge in [0.1, 0.15) is 0 Å². The van der Waals surface area contributed by atoms with E-state index in [-0.39, 0.29) is 12.5 Å². The third kappa shape index (κ3) is 5.14. The Kier molecular flexibility index (Phi) is 5.09. The van der Waals surface area contributed by atoms with Gasteiger partial charge in [-0.15, -0.1) is 0 Å². The van der Waals surface area contributed by atoms with Gasteiger partial charge in [-0.2, -0.15) is 0 Å². The molecule has 1 rings (SSSR count). The van der Waals surface area contributed by atoms with Crippen LogP contribution in [0.2, 0.25) is 0 Å². The molecule has 1 unspecified atom stereocenters. The van der Waals surface area contributed by atoms with Crippen LogP contribution >= 0.6 is 0 Å². The van der Waals surface area contributed by atoms with Crippen LogP contribution in [0.1, 0.15) is 26.0 Å². The van der Waals surface area contributed by atoms with Gasteiger partial charge < -0.3 is 15.5 Å². The van der Waals surface area contributed by atoms with Gasteiger partial charge in [0.2, 0.25) is 0 Å². The molecule has 0 aromatic carbocycles. The SMILES string of the molecule is CC(C)(CC(CO)Cc1ccccn1)NC(=O)O. The van der Waals surface area contributed by atoms with E-state index in [1.807, 2.05) is 32.0 Å². The zero-order valence-corrected chi connectivity index (χ0v) is 10.8. The van der Waals surface area contributed by atoms with Gasteiger partial charge >= 0.3 is 6.09 Å². The number of pyridine rings is 1. The van der Waals surface area contributed by atoms with E-state index in [9.17, 15) is 9.90 Å². The number of hydrogen-bond acceptors (Lipinski definition) is 3. The first-order valence-electron chi connectivity index (χ1n) is 5.95. The summed E-state index contributed by atoms with van der Waals surface area (Å²) in [4.78, 5) is 14.9. The summed E-state index contributed by atoms with van der Waals surface area (Å²) in [7, 11) is 0. The molecule has 0 spiro atoms. The molecule has 0 saturated heterocycles. The van der Waals surface area contributed by atoms with Gasteiger partial charge in [0.05, 0.1) is 0 Å². The molecule has 5 nitrogen and oxygen atoms in total. The molecular weight excluding hydrogens is 232 g/mol. The maximum Gasteiger partial charge on any atom is 0.405 e. The number of nitrogens with one attached hydrogen (secondary N) is 1. The van der Waals surface area contributed by atoms with E-state index in [1.54, 1.807) is 6.20 Å². The van der Waals surface area contributed by atoms with Crippen molar-refractivity contribution in [3.8, 4) is 0 Å². The lowest BCUT2D eigenvalue weighted by Gasteiger charge is -2.28. The smallest absolute Gasteiger partial charge is 0.405 e. The minimum absolute atomic E-state index is 0.0123. The number of aromatic nitrogens is 1. The Labute approximate surface area is 107 Å². The molecule has 0 aliphatic rings.